The number of rotatable bonds is 4. The minimum atomic E-state index is -0.185. The lowest BCUT2D eigenvalue weighted by Gasteiger charge is -2.38. The molecule has 5 heteroatoms. The lowest BCUT2D eigenvalue weighted by Crippen LogP contribution is -2.40. The van der Waals surface area contributed by atoms with Crippen molar-refractivity contribution in [3.63, 3.8) is 0 Å². The Morgan fingerprint density at radius 3 is 2.31 bits per heavy atom. The molecule has 5 nitrogen and oxygen atoms in total. The van der Waals surface area contributed by atoms with Crippen molar-refractivity contribution in [2.24, 2.45) is 0 Å². The number of benzene rings is 2. The van der Waals surface area contributed by atoms with Gasteiger partial charge in [-0.3, -0.25) is 14.5 Å². The summed E-state index contributed by atoms with van der Waals surface area (Å²) in [6, 6.07) is 13.4. The Morgan fingerprint density at radius 2 is 1.66 bits per heavy atom. The third-order valence-corrected chi connectivity index (χ3v) is 5.83. The molecule has 0 aromatic heterocycles. The van der Waals surface area contributed by atoms with Crippen molar-refractivity contribution < 1.29 is 19.1 Å². The first-order chi connectivity index (χ1) is 14.0. The van der Waals surface area contributed by atoms with Gasteiger partial charge in [0.1, 0.15) is 11.5 Å². The number of hydrogen-bond donors (Lipinski definition) is 0. The molecule has 1 atom stereocenters. The quantitative estimate of drug-likeness (QED) is 0.768. The van der Waals surface area contributed by atoms with Crippen LogP contribution in [0.25, 0.3) is 0 Å². The monoisotopic (exact) mass is 391 g/mol. The van der Waals surface area contributed by atoms with Gasteiger partial charge in [-0.05, 0) is 30.9 Å². The van der Waals surface area contributed by atoms with Crippen molar-refractivity contribution in [1.29, 1.82) is 0 Å². The van der Waals surface area contributed by atoms with E-state index < -0.39 is 0 Å². The number of ether oxygens (including phenoxy) is 2. The van der Waals surface area contributed by atoms with E-state index in [1.54, 1.807) is 25.2 Å². The maximum absolute atomic E-state index is 13.3. The van der Waals surface area contributed by atoms with Crippen LogP contribution in [0.4, 0.5) is 5.69 Å². The zero-order valence-corrected chi connectivity index (χ0v) is 17.0. The molecule has 1 amide bonds. The highest BCUT2D eigenvalue weighted by molar-refractivity contribution is 6.07. The summed E-state index contributed by atoms with van der Waals surface area (Å²) >= 11 is 0. The van der Waals surface area contributed by atoms with Gasteiger partial charge in [0, 0.05) is 48.2 Å². The van der Waals surface area contributed by atoms with Gasteiger partial charge in [0.05, 0.1) is 19.9 Å². The average Bonchev–Trinajstić information content (AvgIpc) is 2.73. The normalized spacial score (nSPS) is 19.3. The van der Waals surface area contributed by atoms with Crippen LogP contribution in [0.3, 0.4) is 0 Å². The van der Waals surface area contributed by atoms with E-state index >= 15 is 0 Å². The molecule has 0 N–H and O–H groups in total. The first-order valence-corrected chi connectivity index (χ1v) is 9.91. The van der Waals surface area contributed by atoms with Gasteiger partial charge in [-0.15, -0.1) is 0 Å². The molecule has 2 aromatic carbocycles. The molecule has 0 spiro atoms. The number of methoxy groups -OCH3 is 2. The number of nitrogens with zero attached hydrogens (tertiary/aromatic N) is 1. The number of ketones is 1. The molecule has 0 radical (unpaired) electrons. The second-order valence-corrected chi connectivity index (χ2v) is 7.55. The summed E-state index contributed by atoms with van der Waals surface area (Å²) < 4.78 is 10.8. The Labute approximate surface area is 170 Å². The molecule has 1 unspecified atom stereocenters. The Bertz CT molecular complexity index is 985. The third-order valence-electron chi connectivity index (χ3n) is 5.83. The molecule has 4 rings (SSSR count). The number of carbonyl (C=O) groups excluding carboxylic acids is 2. The van der Waals surface area contributed by atoms with Gasteiger partial charge in [0.15, 0.2) is 5.78 Å². The first kappa shape index (κ1) is 19.2. The fourth-order valence-electron chi connectivity index (χ4n) is 4.46. The Morgan fingerprint density at radius 1 is 0.966 bits per heavy atom. The molecule has 0 fully saturated rings. The van der Waals surface area contributed by atoms with Crippen LogP contribution in [0.5, 0.6) is 11.5 Å². The molecular weight excluding hydrogens is 366 g/mol. The zero-order valence-electron chi connectivity index (χ0n) is 17.0. The number of hydrogen-bond acceptors (Lipinski definition) is 4. The summed E-state index contributed by atoms with van der Waals surface area (Å²) in [5.74, 6) is 1.17. The standard InChI is InChI=1S/C24H25NO4/c1-15-7-4-5-8-19(15)20-14-23(27)25(21-9-6-10-22(26)24(20)21)16-11-17(28-2)13-18(12-16)29-3/h4-5,7-8,11-13,20H,6,9-10,14H2,1-3H3. The van der Waals surface area contributed by atoms with E-state index in [2.05, 4.69) is 0 Å². The summed E-state index contributed by atoms with van der Waals surface area (Å²) in [4.78, 5) is 28.1. The van der Waals surface area contributed by atoms with Crippen molar-refractivity contribution in [3.05, 3.63) is 64.9 Å². The van der Waals surface area contributed by atoms with E-state index in [9.17, 15) is 9.59 Å². The number of anilines is 1. The van der Waals surface area contributed by atoms with Gasteiger partial charge >= 0.3 is 0 Å². The predicted octanol–water partition coefficient (Wildman–Crippen LogP) is 4.54. The fraction of sp³-hybridized carbons (Fsp3) is 0.333. The molecule has 0 saturated carbocycles. The average molecular weight is 391 g/mol. The topological polar surface area (TPSA) is 55.8 Å². The molecule has 2 aliphatic rings. The van der Waals surface area contributed by atoms with E-state index in [0.29, 0.717) is 30.0 Å². The zero-order chi connectivity index (χ0) is 20.5. The summed E-state index contributed by atoms with van der Waals surface area (Å²) in [7, 11) is 3.17. The Kier molecular flexibility index (Phi) is 5.14. The van der Waals surface area contributed by atoms with Crippen LogP contribution >= 0.6 is 0 Å². The predicted molar refractivity (Wildman–Crippen MR) is 111 cm³/mol. The Hall–Kier alpha value is -3.08. The lowest BCUT2D eigenvalue weighted by atomic mass is 9.76. The second-order valence-electron chi connectivity index (χ2n) is 7.55. The van der Waals surface area contributed by atoms with Crippen molar-refractivity contribution in [2.75, 3.05) is 19.1 Å². The second kappa shape index (κ2) is 7.74. The van der Waals surface area contributed by atoms with Crippen LogP contribution in [-0.4, -0.2) is 25.9 Å². The van der Waals surface area contributed by atoms with Gasteiger partial charge in [0.25, 0.3) is 0 Å². The minimum Gasteiger partial charge on any atom is -0.497 e. The molecule has 1 heterocycles. The van der Waals surface area contributed by atoms with Crippen LogP contribution in [0, 0.1) is 6.92 Å². The van der Waals surface area contributed by atoms with Crippen molar-refractivity contribution in [3.8, 4) is 11.5 Å². The van der Waals surface area contributed by atoms with Gasteiger partial charge in [0.2, 0.25) is 5.91 Å². The highest BCUT2D eigenvalue weighted by atomic mass is 16.5. The van der Waals surface area contributed by atoms with Gasteiger partial charge in [-0.1, -0.05) is 24.3 Å². The number of aryl methyl sites for hydroxylation is 1. The molecule has 1 aliphatic heterocycles. The summed E-state index contributed by atoms with van der Waals surface area (Å²) in [5.41, 5.74) is 4.45. The Balaban J connectivity index is 1.88. The first-order valence-electron chi connectivity index (χ1n) is 9.91. The number of amides is 1. The smallest absolute Gasteiger partial charge is 0.232 e. The molecule has 29 heavy (non-hydrogen) atoms. The minimum absolute atomic E-state index is 0.0120. The van der Waals surface area contributed by atoms with E-state index in [1.165, 1.54) is 0 Å². The molecule has 150 valence electrons. The van der Waals surface area contributed by atoms with Crippen LogP contribution in [0.2, 0.25) is 0 Å². The van der Waals surface area contributed by atoms with Crippen LogP contribution in [0.15, 0.2) is 53.7 Å². The molecular formula is C24H25NO4. The van der Waals surface area contributed by atoms with Crippen LogP contribution < -0.4 is 14.4 Å². The summed E-state index contributed by atoms with van der Waals surface area (Å²) in [5, 5.41) is 0. The van der Waals surface area contributed by atoms with Crippen LogP contribution in [0.1, 0.15) is 42.7 Å². The highest BCUT2D eigenvalue weighted by Gasteiger charge is 2.40. The molecule has 0 saturated heterocycles. The number of carbonyl (C=O) groups is 2. The van der Waals surface area contributed by atoms with E-state index in [1.807, 2.05) is 43.3 Å². The van der Waals surface area contributed by atoms with Crippen molar-refractivity contribution in [1.82, 2.24) is 0 Å². The maximum Gasteiger partial charge on any atom is 0.232 e. The molecule has 1 aliphatic carbocycles. The summed E-state index contributed by atoms with van der Waals surface area (Å²) in [6.07, 6.45) is 2.26. The van der Waals surface area contributed by atoms with Crippen LogP contribution in [-0.2, 0) is 9.59 Å². The maximum atomic E-state index is 13.3. The largest absolute Gasteiger partial charge is 0.497 e. The van der Waals surface area contributed by atoms with E-state index in [-0.39, 0.29) is 24.0 Å². The fourth-order valence-corrected chi connectivity index (χ4v) is 4.46. The van der Waals surface area contributed by atoms with Gasteiger partial charge < -0.3 is 9.47 Å². The summed E-state index contributed by atoms with van der Waals surface area (Å²) in [6.45, 7) is 2.03. The van der Waals surface area contributed by atoms with Gasteiger partial charge in [-0.2, -0.15) is 0 Å². The van der Waals surface area contributed by atoms with Gasteiger partial charge in [-0.25, -0.2) is 0 Å². The number of Topliss-reactive ketones (excluding diaryl/α,β-unsaturated/α-hetero) is 1. The number of allylic oxidation sites excluding steroid dienone is 2. The molecule has 2 aromatic rings. The highest BCUT2D eigenvalue weighted by Crippen LogP contribution is 2.45. The third kappa shape index (κ3) is 3.41. The van der Waals surface area contributed by atoms with E-state index in [4.69, 9.17) is 9.47 Å². The van der Waals surface area contributed by atoms with Crippen molar-refractivity contribution >= 4 is 17.4 Å². The van der Waals surface area contributed by atoms with E-state index in [0.717, 1.165) is 28.8 Å². The lowest BCUT2D eigenvalue weighted by molar-refractivity contribution is -0.119. The molecule has 0 bridgehead atoms. The van der Waals surface area contributed by atoms with Crippen molar-refractivity contribution in [2.45, 2.75) is 38.5 Å². The SMILES string of the molecule is COc1cc(OC)cc(N2C(=O)CC(c3ccccc3C)C3=C2CCCC3=O)c1.